The molecule has 20 heavy (non-hydrogen) atoms. The van der Waals surface area contributed by atoms with E-state index in [0.29, 0.717) is 0 Å². The standard InChI is InChI=1S/C11H7ClFN3O4/c12-7-2-1-3-8(13)6(7)4-15-5-9(16(19)20)10(14-15)11(17)18/h1-3,5H,4H2,(H,17,18). The van der Waals surface area contributed by atoms with Gasteiger partial charge in [0.05, 0.1) is 11.5 Å². The second-order valence-electron chi connectivity index (χ2n) is 3.82. The molecule has 1 aromatic carbocycles. The first-order valence-corrected chi connectivity index (χ1v) is 5.66. The van der Waals surface area contributed by atoms with Crippen molar-refractivity contribution in [3.63, 3.8) is 0 Å². The van der Waals surface area contributed by atoms with Crippen LogP contribution in [-0.2, 0) is 6.54 Å². The number of nitro groups is 1. The smallest absolute Gasteiger partial charge is 0.363 e. The molecule has 0 unspecified atom stereocenters. The van der Waals surface area contributed by atoms with E-state index >= 15 is 0 Å². The summed E-state index contributed by atoms with van der Waals surface area (Å²) >= 11 is 5.82. The van der Waals surface area contributed by atoms with Gasteiger partial charge in [-0.15, -0.1) is 0 Å². The lowest BCUT2D eigenvalue weighted by molar-refractivity contribution is -0.385. The molecule has 9 heteroatoms. The van der Waals surface area contributed by atoms with Crippen LogP contribution in [0.15, 0.2) is 24.4 Å². The molecule has 0 amide bonds. The van der Waals surface area contributed by atoms with Crippen LogP contribution >= 0.6 is 11.6 Å². The van der Waals surface area contributed by atoms with Crippen LogP contribution in [-0.4, -0.2) is 25.8 Å². The number of nitrogens with zero attached hydrogens (tertiary/aromatic N) is 3. The molecule has 1 heterocycles. The van der Waals surface area contributed by atoms with Gasteiger partial charge in [-0.2, -0.15) is 5.10 Å². The van der Waals surface area contributed by atoms with Gasteiger partial charge in [-0.1, -0.05) is 17.7 Å². The third-order valence-corrected chi connectivity index (χ3v) is 2.88. The first kappa shape index (κ1) is 13.9. The number of hydrogen-bond donors (Lipinski definition) is 1. The Bertz CT molecular complexity index is 649. The molecule has 104 valence electrons. The Morgan fingerprint density at radius 3 is 2.75 bits per heavy atom. The first-order valence-electron chi connectivity index (χ1n) is 5.28. The molecule has 0 radical (unpaired) electrons. The Morgan fingerprint density at radius 2 is 2.25 bits per heavy atom. The number of aromatic carboxylic acids is 1. The molecule has 0 aliphatic heterocycles. The van der Waals surface area contributed by atoms with Crippen molar-refractivity contribution in [3.8, 4) is 0 Å². The lowest BCUT2D eigenvalue weighted by Crippen LogP contribution is -2.06. The molecule has 0 aliphatic rings. The maximum absolute atomic E-state index is 13.6. The summed E-state index contributed by atoms with van der Waals surface area (Å²) < 4.78 is 14.5. The van der Waals surface area contributed by atoms with E-state index in [2.05, 4.69) is 5.10 Å². The topological polar surface area (TPSA) is 98.3 Å². The van der Waals surface area contributed by atoms with E-state index in [-0.39, 0.29) is 17.1 Å². The van der Waals surface area contributed by atoms with Gasteiger partial charge in [-0.3, -0.25) is 14.8 Å². The van der Waals surface area contributed by atoms with E-state index in [4.69, 9.17) is 16.7 Å². The highest BCUT2D eigenvalue weighted by Gasteiger charge is 2.25. The van der Waals surface area contributed by atoms with E-state index < -0.39 is 28.1 Å². The van der Waals surface area contributed by atoms with Crippen molar-refractivity contribution in [3.05, 3.63) is 56.6 Å². The fraction of sp³-hybridized carbons (Fsp3) is 0.0909. The Morgan fingerprint density at radius 1 is 1.55 bits per heavy atom. The molecule has 0 atom stereocenters. The van der Waals surface area contributed by atoms with Crippen LogP contribution in [0.1, 0.15) is 16.1 Å². The predicted molar refractivity (Wildman–Crippen MR) is 66.4 cm³/mol. The molecule has 1 N–H and O–H groups in total. The molecule has 0 saturated heterocycles. The summed E-state index contributed by atoms with van der Waals surface area (Å²) in [5.74, 6) is -2.14. The van der Waals surface area contributed by atoms with Crippen molar-refractivity contribution in [2.75, 3.05) is 0 Å². The fourth-order valence-corrected chi connectivity index (χ4v) is 1.85. The molecule has 0 aliphatic carbocycles. The molecule has 0 fully saturated rings. The number of aromatic nitrogens is 2. The molecule has 0 spiro atoms. The van der Waals surface area contributed by atoms with Crippen molar-refractivity contribution in [2.24, 2.45) is 0 Å². The fourth-order valence-electron chi connectivity index (χ4n) is 1.62. The molecule has 0 saturated carbocycles. The van der Waals surface area contributed by atoms with Crippen molar-refractivity contribution in [1.82, 2.24) is 9.78 Å². The minimum Gasteiger partial charge on any atom is -0.476 e. The lowest BCUT2D eigenvalue weighted by atomic mass is 10.2. The second kappa shape index (κ2) is 5.25. The summed E-state index contributed by atoms with van der Waals surface area (Å²) in [6.45, 7) is -0.209. The van der Waals surface area contributed by atoms with Crippen molar-refractivity contribution in [1.29, 1.82) is 0 Å². The monoisotopic (exact) mass is 299 g/mol. The van der Waals surface area contributed by atoms with E-state index in [0.717, 1.165) is 10.9 Å². The molecular formula is C11H7ClFN3O4. The largest absolute Gasteiger partial charge is 0.476 e. The van der Waals surface area contributed by atoms with Gasteiger partial charge in [0.1, 0.15) is 12.0 Å². The summed E-state index contributed by atoms with van der Waals surface area (Å²) in [6.07, 6.45) is 0.923. The minimum atomic E-state index is -1.53. The average Bonchev–Trinajstić information content (AvgIpc) is 2.78. The highest BCUT2D eigenvalue weighted by Crippen LogP contribution is 2.22. The minimum absolute atomic E-state index is 0.0727. The zero-order chi connectivity index (χ0) is 14.9. The van der Waals surface area contributed by atoms with Gasteiger partial charge in [0.2, 0.25) is 5.69 Å². The van der Waals surface area contributed by atoms with Crippen LogP contribution < -0.4 is 0 Å². The number of carboxylic acid groups (broad SMARTS) is 1. The van der Waals surface area contributed by atoms with E-state index in [1.165, 1.54) is 18.2 Å². The van der Waals surface area contributed by atoms with Crippen LogP contribution in [0.25, 0.3) is 0 Å². The number of benzene rings is 1. The highest BCUT2D eigenvalue weighted by atomic mass is 35.5. The first-order chi connectivity index (χ1) is 9.40. The highest BCUT2D eigenvalue weighted by molar-refractivity contribution is 6.31. The van der Waals surface area contributed by atoms with Crippen LogP contribution in [0.4, 0.5) is 10.1 Å². The summed E-state index contributed by atoms with van der Waals surface area (Å²) in [7, 11) is 0. The van der Waals surface area contributed by atoms with Crippen molar-refractivity contribution < 1.29 is 19.2 Å². The summed E-state index contributed by atoms with van der Waals surface area (Å²) in [6, 6.07) is 4.04. The number of carbonyl (C=O) groups is 1. The van der Waals surface area contributed by atoms with Gasteiger partial charge < -0.3 is 5.11 Å². The quantitative estimate of drug-likeness (QED) is 0.690. The normalized spacial score (nSPS) is 10.5. The Hall–Kier alpha value is -2.48. The zero-order valence-corrected chi connectivity index (χ0v) is 10.5. The van der Waals surface area contributed by atoms with Crippen LogP contribution in [0.3, 0.4) is 0 Å². The molecule has 2 aromatic rings. The molecule has 7 nitrogen and oxygen atoms in total. The maximum atomic E-state index is 13.6. The van der Waals surface area contributed by atoms with Crippen molar-refractivity contribution in [2.45, 2.75) is 6.54 Å². The number of hydrogen-bond acceptors (Lipinski definition) is 4. The summed E-state index contributed by atoms with van der Waals surface area (Å²) in [5, 5.41) is 23.2. The van der Waals surface area contributed by atoms with Gasteiger partial charge in [0.25, 0.3) is 0 Å². The van der Waals surface area contributed by atoms with E-state index in [1.807, 2.05) is 0 Å². The van der Waals surface area contributed by atoms with E-state index in [9.17, 15) is 19.3 Å². The Labute approximate surface area is 116 Å². The van der Waals surface area contributed by atoms with Gasteiger partial charge in [0, 0.05) is 10.6 Å². The summed E-state index contributed by atoms with van der Waals surface area (Å²) in [4.78, 5) is 20.7. The zero-order valence-electron chi connectivity index (χ0n) is 9.79. The average molecular weight is 300 g/mol. The Balaban J connectivity index is 2.42. The van der Waals surface area contributed by atoms with Gasteiger partial charge in [-0.25, -0.2) is 9.18 Å². The molecule has 0 bridgehead atoms. The number of rotatable bonds is 4. The third-order valence-electron chi connectivity index (χ3n) is 2.52. The van der Waals surface area contributed by atoms with Crippen LogP contribution in [0.2, 0.25) is 5.02 Å². The second-order valence-corrected chi connectivity index (χ2v) is 4.23. The lowest BCUT2D eigenvalue weighted by Gasteiger charge is -2.05. The van der Waals surface area contributed by atoms with Crippen LogP contribution in [0, 0.1) is 15.9 Å². The Kier molecular flexibility index (Phi) is 3.66. The van der Waals surface area contributed by atoms with Gasteiger partial charge in [0.15, 0.2) is 0 Å². The number of halogens is 2. The molecule has 1 aromatic heterocycles. The summed E-state index contributed by atoms with van der Waals surface area (Å²) in [5.41, 5.74) is -1.30. The van der Waals surface area contributed by atoms with Gasteiger partial charge >= 0.3 is 11.7 Å². The SMILES string of the molecule is O=C(O)c1nn(Cc2c(F)cccc2Cl)cc1[N+](=O)[O-]. The maximum Gasteiger partial charge on any atom is 0.363 e. The predicted octanol–water partition coefficient (Wildman–Crippen LogP) is 2.33. The van der Waals surface area contributed by atoms with Crippen LogP contribution in [0.5, 0.6) is 0 Å². The molecular weight excluding hydrogens is 293 g/mol. The third kappa shape index (κ3) is 2.59. The van der Waals surface area contributed by atoms with Gasteiger partial charge in [-0.05, 0) is 12.1 Å². The van der Waals surface area contributed by atoms with Crippen molar-refractivity contribution >= 4 is 23.3 Å². The number of carboxylic acids is 1. The van der Waals surface area contributed by atoms with E-state index in [1.54, 1.807) is 0 Å². The molecule has 2 rings (SSSR count).